The summed E-state index contributed by atoms with van der Waals surface area (Å²) in [5, 5.41) is 0. The van der Waals surface area contributed by atoms with Gasteiger partial charge in [-0.1, -0.05) is 0 Å². The van der Waals surface area contributed by atoms with Gasteiger partial charge in [0.1, 0.15) is 11.6 Å². The number of rotatable bonds is 2. The molecule has 2 atom stereocenters. The lowest BCUT2D eigenvalue weighted by atomic mass is 10.0. The lowest BCUT2D eigenvalue weighted by Gasteiger charge is -2.23. The molecule has 0 radical (unpaired) electrons. The second kappa shape index (κ2) is 4.22. The molecule has 0 bridgehead atoms. The van der Waals surface area contributed by atoms with Gasteiger partial charge in [0.15, 0.2) is 0 Å². The highest BCUT2D eigenvalue weighted by Gasteiger charge is 2.41. The average Bonchev–Trinajstić information content (AvgIpc) is 3.02. The summed E-state index contributed by atoms with van der Waals surface area (Å²) >= 11 is 0. The highest BCUT2D eigenvalue weighted by molar-refractivity contribution is 5.63. The van der Waals surface area contributed by atoms with Crippen LogP contribution in [0.2, 0.25) is 0 Å². The van der Waals surface area contributed by atoms with Crippen molar-refractivity contribution in [2.75, 3.05) is 49.6 Å². The van der Waals surface area contributed by atoms with Gasteiger partial charge in [-0.3, -0.25) is 0 Å². The summed E-state index contributed by atoms with van der Waals surface area (Å²) in [5.74, 6) is 3.96. The van der Waals surface area contributed by atoms with Crippen LogP contribution in [0.1, 0.15) is 24.3 Å². The first-order valence-electron chi connectivity index (χ1n) is 7.48. The molecule has 0 spiro atoms. The molecule has 1 aromatic heterocycles. The summed E-state index contributed by atoms with van der Waals surface area (Å²) in [6.07, 6.45) is 2.40. The molecule has 20 heavy (non-hydrogen) atoms. The van der Waals surface area contributed by atoms with E-state index in [0.717, 1.165) is 36.3 Å². The third-order valence-electron chi connectivity index (χ3n) is 4.93. The number of nitrogens with zero attached hydrogens (tertiary/aromatic N) is 4. The van der Waals surface area contributed by atoms with E-state index in [1.54, 1.807) is 0 Å². The lowest BCUT2D eigenvalue weighted by Crippen LogP contribution is -2.28. The molecule has 108 valence electrons. The van der Waals surface area contributed by atoms with Crippen molar-refractivity contribution in [1.82, 2.24) is 14.9 Å². The topological polar surface area (TPSA) is 84.3 Å². The Morgan fingerprint density at radius 3 is 2.25 bits per heavy atom. The van der Waals surface area contributed by atoms with Gasteiger partial charge < -0.3 is 21.3 Å². The van der Waals surface area contributed by atoms with Crippen LogP contribution >= 0.6 is 0 Å². The van der Waals surface area contributed by atoms with Crippen LogP contribution in [-0.4, -0.2) is 48.1 Å². The second-order valence-electron chi connectivity index (χ2n) is 6.62. The smallest absolute Gasteiger partial charge is 0.223 e. The third kappa shape index (κ3) is 1.90. The number of aromatic nitrogens is 2. The number of nitrogens with two attached hydrogens (primary N) is 2. The molecule has 1 aromatic rings. The molecule has 0 unspecified atom stereocenters. The van der Waals surface area contributed by atoms with Crippen LogP contribution in [0.15, 0.2) is 0 Å². The van der Waals surface area contributed by atoms with Gasteiger partial charge in [0, 0.05) is 31.7 Å². The van der Waals surface area contributed by atoms with Gasteiger partial charge in [-0.05, 0) is 37.6 Å². The van der Waals surface area contributed by atoms with Crippen molar-refractivity contribution in [3.8, 4) is 0 Å². The Hall–Kier alpha value is -1.56. The quantitative estimate of drug-likeness (QED) is 0.818. The fourth-order valence-electron chi connectivity index (χ4n) is 3.90. The van der Waals surface area contributed by atoms with E-state index in [1.165, 1.54) is 25.9 Å². The van der Waals surface area contributed by atoms with Crippen LogP contribution in [0.3, 0.4) is 0 Å². The van der Waals surface area contributed by atoms with Crippen molar-refractivity contribution in [3.63, 3.8) is 0 Å². The Morgan fingerprint density at radius 2 is 1.65 bits per heavy atom. The number of hydrogen-bond acceptors (Lipinski definition) is 6. The highest BCUT2D eigenvalue weighted by Crippen LogP contribution is 2.47. The first-order chi connectivity index (χ1) is 9.61. The number of nitrogen functional groups attached to an aromatic ring is 2. The molecule has 6 nitrogen and oxygen atoms in total. The zero-order chi connectivity index (χ0) is 13.9. The Balaban J connectivity index is 1.66. The lowest BCUT2D eigenvalue weighted by molar-refractivity contribution is 0.387. The summed E-state index contributed by atoms with van der Waals surface area (Å²) in [6, 6.07) is 0. The summed E-state index contributed by atoms with van der Waals surface area (Å²) in [7, 11) is 2.21. The van der Waals surface area contributed by atoms with Crippen molar-refractivity contribution in [3.05, 3.63) is 5.56 Å². The van der Waals surface area contributed by atoms with Crippen LogP contribution in [-0.2, 0) is 0 Å². The van der Waals surface area contributed by atoms with Crippen molar-refractivity contribution in [2.24, 2.45) is 11.8 Å². The average molecular weight is 274 g/mol. The Kier molecular flexibility index (Phi) is 2.57. The molecule has 1 saturated carbocycles. The normalized spacial score (nSPS) is 29.9. The number of hydrogen-bond donors (Lipinski definition) is 2. The van der Waals surface area contributed by atoms with Crippen LogP contribution in [0.5, 0.6) is 0 Å². The van der Waals surface area contributed by atoms with Crippen molar-refractivity contribution in [1.29, 1.82) is 0 Å². The minimum atomic E-state index is 0.302. The van der Waals surface area contributed by atoms with Crippen molar-refractivity contribution in [2.45, 2.75) is 18.8 Å². The summed E-state index contributed by atoms with van der Waals surface area (Å²) in [6.45, 7) is 4.53. The zero-order valence-corrected chi connectivity index (χ0v) is 11.9. The van der Waals surface area contributed by atoms with Gasteiger partial charge >= 0.3 is 0 Å². The molecule has 3 fully saturated rings. The first kappa shape index (κ1) is 12.2. The molecular weight excluding hydrogens is 252 g/mol. The zero-order valence-electron chi connectivity index (χ0n) is 11.9. The van der Waals surface area contributed by atoms with Crippen molar-refractivity contribution < 1.29 is 0 Å². The van der Waals surface area contributed by atoms with E-state index >= 15 is 0 Å². The van der Waals surface area contributed by atoms with E-state index in [0.29, 0.717) is 17.7 Å². The highest BCUT2D eigenvalue weighted by atomic mass is 15.3. The molecule has 3 aliphatic rings. The van der Waals surface area contributed by atoms with Crippen LogP contribution in [0.25, 0.3) is 0 Å². The van der Waals surface area contributed by atoms with E-state index in [2.05, 4.69) is 26.8 Å². The molecule has 0 aromatic carbocycles. The van der Waals surface area contributed by atoms with E-state index in [9.17, 15) is 0 Å². The van der Waals surface area contributed by atoms with Gasteiger partial charge in [0.25, 0.3) is 0 Å². The SMILES string of the molecule is CN1C[C@@H]2CN(c3nc(N)nc(N)c3C3CC3)C[C@@H]2C1. The van der Waals surface area contributed by atoms with Gasteiger partial charge in [-0.15, -0.1) is 0 Å². The molecule has 6 heteroatoms. The van der Waals surface area contributed by atoms with Crippen molar-refractivity contribution >= 4 is 17.6 Å². The molecular formula is C14H22N6. The fourth-order valence-corrected chi connectivity index (χ4v) is 3.90. The van der Waals surface area contributed by atoms with Gasteiger partial charge in [0.05, 0.1) is 0 Å². The number of fused-ring (bicyclic) bond motifs is 1. The molecule has 0 amide bonds. The maximum Gasteiger partial charge on any atom is 0.223 e. The van der Waals surface area contributed by atoms with E-state index in [1.807, 2.05) is 0 Å². The Morgan fingerprint density at radius 1 is 1.00 bits per heavy atom. The molecule has 3 heterocycles. The van der Waals surface area contributed by atoms with Crippen LogP contribution in [0.4, 0.5) is 17.6 Å². The predicted octanol–water partition coefficient (Wildman–Crippen LogP) is 0.516. The molecule has 2 saturated heterocycles. The summed E-state index contributed by atoms with van der Waals surface area (Å²) < 4.78 is 0. The van der Waals surface area contributed by atoms with Crippen LogP contribution < -0.4 is 16.4 Å². The van der Waals surface area contributed by atoms with E-state index in [-0.39, 0.29) is 0 Å². The van der Waals surface area contributed by atoms with E-state index in [4.69, 9.17) is 11.5 Å². The number of anilines is 3. The predicted molar refractivity (Wildman–Crippen MR) is 79.5 cm³/mol. The molecule has 1 aliphatic carbocycles. The van der Waals surface area contributed by atoms with Gasteiger partial charge in [0.2, 0.25) is 5.95 Å². The maximum atomic E-state index is 6.10. The monoisotopic (exact) mass is 274 g/mol. The largest absolute Gasteiger partial charge is 0.383 e. The fraction of sp³-hybridized carbons (Fsp3) is 0.714. The van der Waals surface area contributed by atoms with Gasteiger partial charge in [-0.25, -0.2) is 0 Å². The third-order valence-corrected chi connectivity index (χ3v) is 4.93. The Bertz CT molecular complexity index is 527. The summed E-state index contributed by atoms with van der Waals surface area (Å²) in [5.41, 5.74) is 13.1. The standard InChI is InChI=1S/C14H22N6/c1-19-4-9-6-20(7-10(9)5-19)13-11(8-2-3-8)12(15)17-14(16)18-13/h8-10H,2-7H2,1H3,(H4,15,16,17,18)/t9-,10+. The first-order valence-corrected chi connectivity index (χ1v) is 7.48. The Labute approximate surface area is 119 Å². The summed E-state index contributed by atoms with van der Waals surface area (Å²) in [4.78, 5) is 13.5. The van der Waals surface area contributed by atoms with Crippen LogP contribution in [0, 0.1) is 11.8 Å². The minimum Gasteiger partial charge on any atom is -0.383 e. The maximum absolute atomic E-state index is 6.10. The molecule has 2 aliphatic heterocycles. The number of likely N-dealkylation sites (tertiary alicyclic amines) is 1. The molecule has 4 rings (SSSR count). The van der Waals surface area contributed by atoms with E-state index < -0.39 is 0 Å². The minimum absolute atomic E-state index is 0.302. The van der Waals surface area contributed by atoms with Gasteiger partial charge in [-0.2, -0.15) is 9.97 Å². The second-order valence-corrected chi connectivity index (χ2v) is 6.62. The molecule has 4 N–H and O–H groups in total.